The fourth-order valence-electron chi connectivity index (χ4n) is 0.932. The summed E-state index contributed by atoms with van der Waals surface area (Å²) in [5.74, 6) is -1.36. The van der Waals surface area contributed by atoms with Crippen LogP contribution in [-0.2, 0) is 9.59 Å². The molecular formula is C7H14N2O3. The molecule has 0 aromatic rings. The van der Waals surface area contributed by atoms with Gasteiger partial charge in [0.1, 0.15) is 6.04 Å². The number of likely N-dealkylation sites (N-methyl/N-ethyl adjacent to an activating group) is 1. The van der Waals surface area contributed by atoms with Gasteiger partial charge in [0.05, 0.1) is 6.54 Å². The van der Waals surface area contributed by atoms with Crippen molar-refractivity contribution in [3.63, 3.8) is 0 Å². The Labute approximate surface area is 71.1 Å². The molecule has 0 saturated carbocycles. The molecule has 3 N–H and O–H groups in total. The normalized spacial score (nSPS) is 12.2. The molecule has 0 aliphatic heterocycles. The van der Waals surface area contributed by atoms with Gasteiger partial charge in [-0.05, 0) is 6.42 Å². The number of hydrogen-bond donors (Lipinski definition) is 2. The Balaban J connectivity index is 4.30. The maximum atomic E-state index is 11.0. The zero-order valence-electron chi connectivity index (χ0n) is 7.28. The number of aliphatic carboxylic acids is 1. The summed E-state index contributed by atoms with van der Waals surface area (Å²) >= 11 is 0. The Hall–Kier alpha value is -1.10. The van der Waals surface area contributed by atoms with Crippen LogP contribution in [0.2, 0.25) is 0 Å². The van der Waals surface area contributed by atoms with E-state index in [0.29, 0.717) is 6.42 Å². The van der Waals surface area contributed by atoms with Crippen molar-refractivity contribution in [2.75, 3.05) is 13.6 Å². The van der Waals surface area contributed by atoms with E-state index in [0.717, 1.165) is 4.90 Å². The van der Waals surface area contributed by atoms with Gasteiger partial charge in [-0.15, -0.1) is 0 Å². The molecule has 70 valence electrons. The number of nitrogens with zero attached hydrogens (tertiary/aromatic N) is 1. The predicted molar refractivity (Wildman–Crippen MR) is 43.5 cm³/mol. The molecule has 0 bridgehead atoms. The lowest BCUT2D eigenvalue weighted by atomic mass is 10.2. The number of rotatable bonds is 4. The summed E-state index contributed by atoms with van der Waals surface area (Å²) in [6.45, 7) is 1.55. The van der Waals surface area contributed by atoms with Gasteiger partial charge in [0.15, 0.2) is 0 Å². The summed E-state index contributed by atoms with van der Waals surface area (Å²) in [5, 5.41) is 8.65. The first-order chi connectivity index (χ1) is 5.54. The lowest BCUT2D eigenvalue weighted by Crippen LogP contribution is -2.44. The average Bonchev–Trinajstić information content (AvgIpc) is 2.03. The Morgan fingerprint density at radius 2 is 2.08 bits per heavy atom. The smallest absolute Gasteiger partial charge is 0.326 e. The minimum absolute atomic E-state index is 0.153. The van der Waals surface area contributed by atoms with Gasteiger partial charge in [-0.3, -0.25) is 4.79 Å². The highest BCUT2D eigenvalue weighted by molar-refractivity contribution is 5.84. The monoisotopic (exact) mass is 174 g/mol. The number of nitrogens with two attached hydrogens (primary N) is 1. The number of hydrogen-bond acceptors (Lipinski definition) is 3. The molecule has 5 heteroatoms. The van der Waals surface area contributed by atoms with Crippen LogP contribution >= 0.6 is 0 Å². The van der Waals surface area contributed by atoms with Gasteiger partial charge in [-0.1, -0.05) is 6.92 Å². The van der Waals surface area contributed by atoms with E-state index in [2.05, 4.69) is 0 Å². The molecule has 0 aromatic heterocycles. The second kappa shape index (κ2) is 4.71. The fraction of sp³-hybridized carbons (Fsp3) is 0.714. The van der Waals surface area contributed by atoms with E-state index in [9.17, 15) is 9.59 Å². The molecule has 1 unspecified atom stereocenters. The van der Waals surface area contributed by atoms with E-state index in [1.807, 2.05) is 0 Å². The van der Waals surface area contributed by atoms with Crippen LogP contribution in [0.4, 0.5) is 0 Å². The van der Waals surface area contributed by atoms with Gasteiger partial charge in [-0.25, -0.2) is 4.79 Å². The zero-order chi connectivity index (χ0) is 9.72. The van der Waals surface area contributed by atoms with Gasteiger partial charge >= 0.3 is 5.97 Å². The van der Waals surface area contributed by atoms with Gasteiger partial charge in [0, 0.05) is 7.05 Å². The molecule has 0 rings (SSSR count). The van der Waals surface area contributed by atoms with Crippen molar-refractivity contribution < 1.29 is 14.7 Å². The third kappa shape index (κ3) is 2.50. The first-order valence-corrected chi connectivity index (χ1v) is 3.73. The lowest BCUT2D eigenvalue weighted by Gasteiger charge is -2.22. The van der Waals surface area contributed by atoms with Crippen molar-refractivity contribution >= 4 is 11.9 Å². The molecule has 12 heavy (non-hydrogen) atoms. The lowest BCUT2D eigenvalue weighted by molar-refractivity contribution is -0.148. The van der Waals surface area contributed by atoms with E-state index in [-0.39, 0.29) is 12.5 Å². The number of carboxylic acid groups (broad SMARTS) is 1. The zero-order valence-corrected chi connectivity index (χ0v) is 7.28. The van der Waals surface area contributed by atoms with Gasteiger partial charge in [-0.2, -0.15) is 0 Å². The van der Waals surface area contributed by atoms with Crippen LogP contribution in [0.15, 0.2) is 0 Å². The summed E-state index contributed by atoms with van der Waals surface area (Å²) in [4.78, 5) is 22.7. The van der Waals surface area contributed by atoms with E-state index in [1.165, 1.54) is 7.05 Å². The molecule has 1 atom stereocenters. The van der Waals surface area contributed by atoms with Crippen LogP contribution in [0, 0.1) is 0 Å². The summed E-state index contributed by atoms with van der Waals surface area (Å²) < 4.78 is 0. The van der Waals surface area contributed by atoms with Crippen LogP contribution < -0.4 is 5.73 Å². The Morgan fingerprint density at radius 1 is 1.58 bits per heavy atom. The minimum Gasteiger partial charge on any atom is -0.480 e. The first kappa shape index (κ1) is 10.9. The number of carbonyl (C=O) groups excluding carboxylic acids is 1. The van der Waals surface area contributed by atoms with Gasteiger partial charge in [0.2, 0.25) is 5.91 Å². The van der Waals surface area contributed by atoms with Crippen molar-refractivity contribution in [1.29, 1.82) is 0 Å². The van der Waals surface area contributed by atoms with Crippen molar-refractivity contribution in [3.8, 4) is 0 Å². The summed E-state index contributed by atoms with van der Waals surface area (Å²) in [7, 11) is 1.44. The third-order valence-electron chi connectivity index (χ3n) is 1.71. The van der Waals surface area contributed by atoms with Gasteiger partial charge < -0.3 is 15.7 Å². The van der Waals surface area contributed by atoms with E-state index in [1.54, 1.807) is 6.92 Å². The van der Waals surface area contributed by atoms with Crippen molar-refractivity contribution in [3.05, 3.63) is 0 Å². The van der Waals surface area contributed by atoms with Crippen LogP contribution in [0.5, 0.6) is 0 Å². The van der Waals surface area contributed by atoms with Crippen LogP contribution in [-0.4, -0.2) is 41.5 Å². The van der Waals surface area contributed by atoms with Crippen LogP contribution in [0.25, 0.3) is 0 Å². The summed E-state index contributed by atoms with van der Waals surface area (Å²) in [6, 6.07) is -0.763. The Morgan fingerprint density at radius 3 is 2.33 bits per heavy atom. The Kier molecular flexibility index (Phi) is 4.28. The summed E-state index contributed by atoms with van der Waals surface area (Å²) in [6.07, 6.45) is 0.386. The van der Waals surface area contributed by atoms with E-state index < -0.39 is 12.0 Å². The second-order valence-corrected chi connectivity index (χ2v) is 2.47. The molecule has 0 spiro atoms. The molecule has 0 fully saturated rings. The fourth-order valence-corrected chi connectivity index (χ4v) is 0.932. The molecule has 0 aliphatic carbocycles. The van der Waals surface area contributed by atoms with Crippen molar-refractivity contribution in [1.82, 2.24) is 4.90 Å². The standard InChI is InChI=1S/C7H14N2O3/c1-3-5(7(11)12)9(2)6(10)4-8/h5H,3-4,8H2,1-2H3,(H,11,12). The Bertz CT molecular complexity index is 181. The minimum atomic E-state index is -0.998. The van der Waals surface area contributed by atoms with E-state index in [4.69, 9.17) is 10.8 Å². The van der Waals surface area contributed by atoms with Gasteiger partial charge in [0.25, 0.3) is 0 Å². The summed E-state index contributed by atoms with van der Waals surface area (Å²) in [5.41, 5.74) is 5.08. The third-order valence-corrected chi connectivity index (χ3v) is 1.71. The average molecular weight is 174 g/mol. The maximum Gasteiger partial charge on any atom is 0.326 e. The second-order valence-electron chi connectivity index (χ2n) is 2.47. The van der Waals surface area contributed by atoms with E-state index >= 15 is 0 Å². The SMILES string of the molecule is CCC(C(=O)O)N(C)C(=O)CN. The number of carboxylic acids is 1. The molecule has 0 aromatic carbocycles. The molecule has 1 amide bonds. The quantitative estimate of drug-likeness (QED) is 0.588. The largest absolute Gasteiger partial charge is 0.480 e. The van der Waals surface area contributed by atoms with Crippen LogP contribution in [0.1, 0.15) is 13.3 Å². The van der Waals surface area contributed by atoms with Crippen molar-refractivity contribution in [2.24, 2.45) is 5.73 Å². The first-order valence-electron chi connectivity index (χ1n) is 3.73. The highest BCUT2D eigenvalue weighted by Crippen LogP contribution is 2.01. The molecule has 0 heterocycles. The highest BCUT2D eigenvalue weighted by Gasteiger charge is 2.23. The molecule has 0 radical (unpaired) electrons. The molecule has 5 nitrogen and oxygen atoms in total. The molecule has 0 saturated heterocycles. The topological polar surface area (TPSA) is 83.6 Å². The predicted octanol–water partition coefficient (Wildman–Crippen LogP) is -0.733. The highest BCUT2D eigenvalue weighted by atomic mass is 16.4. The van der Waals surface area contributed by atoms with Crippen LogP contribution in [0.3, 0.4) is 0 Å². The molecular weight excluding hydrogens is 160 g/mol. The maximum absolute atomic E-state index is 11.0. The number of carbonyl (C=O) groups is 2. The van der Waals surface area contributed by atoms with Crippen molar-refractivity contribution in [2.45, 2.75) is 19.4 Å². The molecule has 0 aliphatic rings. The number of amides is 1.